The molecule has 1 unspecified atom stereocenters. The van der Waals surface area contributed by atoms with E-state index in [1.807, 2.05) is 0 Å². The fourth-order valence-electron chi connectivity index (χ4n) is 2.28. The zero-order chi connectivity index (χ0) is 12.3. The molecule has 0 spiro atoms. The molecule has 3 nitrogen and oxygen atoms in total. The molecular formula is C13H19FN2O. The van der Waals surface area contributed by atoms with E-state index in [4.69, 9.17) is 10.5 Å². The summed E-state index contributed by atoms with van der Waals surface area (Å²) < 4.78 is 18.5. The number of benzene rings is 1. The van der Waals surface area contributed by atoms with Crippen molar-refractivity contribution in [2.24, 2.45) is 0 Å². The van der Waals surface area contributed by atoms with Crippen molar-refractivity contribution in [1.82, 2.24) is 4.90 Å². The van der Waals surface area contributed by atoms with E-state index in [9.17, 15) is 4.39 Å². The van der Waals surface area contributed by atoms with Gasteiger partial charge in [-0.25, -0.2) is 4.39 Å². The second kappa shape index (κ2) is 5.36. The predicted molar refractivity (Wildman–Crippen MR) is 66.6 cm³/mol. The van der Waals surface area contributed by atoms with Crippen LogP contribution in [-0.2, 0) is 0 Å². The maximum atomic E-state index is 13.0. The molecule has 1 aliphatic rings. The Morgan fingerprint density at radius 1 is 1.53 bits per heavy atom. The number of nitrogens with zero attached hydrogens (tertiary/aromatic N) is 1. The Morgan fingerprint density at radius 2 is 2.35 bits per heavy atom. The van der Waals surface area contributed by atoms with Gasteiger partial charge in [-0.05, 0) is 45.0 Å². The highest BCUT2D eigenvalue weighted by molar-refractivity contribution is 5.52. The quantitative estimate of drug-likeness (QED) is 0.818. The Labute approximate surface area is 101 Å². The lowest BCUT2D eigenvalue weighted by atomic mass is 10.1. The molecule has 1 atom stereocenters. The normalized spacial score (nSPS) is 20.7. The van der Waals surface area contributed by atoms with Gasteiger partial charge in [0.25, 0.3) is 0 Å². The largest absolute Gasteiger partial charge is 0.491 e. The third-order valence-electron chi connectivity index (χ3n) is 3.36. The summed E-state index contributed by atoms with van der Waals surface area (Å²) >= 11 is 0. The van der Waals surface area contributed by atoms with Gasteiger partial charge < -0.3 is 15.4 Å². The van der Waals surface area contributed by atoms with Crippen molar-refractivity contribution in [3.8, 4) is 5.75 Å². The molecule has 2 rings (SSSR count). The van der Waals surface area contributed by atoms with Gasteiger partial charge in [0.05, 0.1) is 12.3 Å². The Balaban J connectivity index is 1.83. The van der Waals surface area contributed by atoms with Gasteiger partial charge in [-0.15, -0.1) is 0 Å². The number of anilines is 1. The number of hydrogen-bond acceptors (Lipinski definition) is 3. The zero-order valence-electron chi connectivity index (χ0n) is 10.2. The highest BCUT2D eigenvalue weighted by atomic mass is 19.1. The Morgan fingerprint density at radius 3 is 3.06 bits per heavy atom. The van der Waals surface area contributed by atoms with Crippen molar-refractivity contribution >= 4 is 5.69 Å². The minimum atomic E-state index is -0.313. The summed E-state index contributed by atoms with van der Waals surface area (Å²) in [7, 11) is 2.13. The molecule has 17 heavy (non-hydrogen) atoms. The lowest BCUT2D eigenvalue weighted by molar-refractivity contribution is 0.233. The van der Waals surface area contributed by atoms with E-state index in [2.05, 4.69) is 11.9 Å². The molecule has 0 radical (unpaired) electrons. The summed E-state index contributed by atoms with van der Waals surface area (Å²) in [6.07, 6.45) is 3.44. The first-order valence-corrected chi connectivity index (χ1v) is 6.05. The van der Waals surface area contributed by atoms with Crippen LogP contribution in [0.1, 0.15) is 19.3 Å². The average Bonchev–Trinajstić information content (AvgIpc) is 2.70. The van der Waals surface area contributed by atoms with E-state index >= 15 is 0 Å². The van der Waals surface area contributed by atoms with Crippen LogP contribution < -0.4 is 10.5 Å². The van der Waals surface area contributed by atoms with Crippen molar-refractivity contribution in [3.63, 3.8) is 0 Å². The second-order valence-electron chi connectivity index (χ2n) is 4.60. The van der Waals surface area contributed by atoms with Gasteiger partial charge in [0.15, 0.2) is 0 Å². The first kappa shape index (κ1) is 12.2. The average molecular weight is 238 g/mol. The standard InChI is InChI=1S/C13H19FN2O/c1-16-7-2-3-11(16)6-8-17-13-9-10(14)4-5-12(13)15/h4-5,9,11H,2-3,6-8,15H2,1H3. The van der Waals surface area contributed by atoms with E-state index in [0.29, 0.717) is 24.1 Å². The molecule has 1 aliphatic heterocycles. The summed E-state index contributed by atoms with van der Waals surface area (Å²) in [6.45, 7) is 1.75. The molecule has 4 heteroatoms. The van der Waals surface area contributed by atoms with Crippen LogP contribution in [0.15, 0.2) is 18.2 Å². The minimum absolute atomic E-state index is 0.313. The van der Waals surface area contributed by atoms with E-state index in [-0.39, 0.29) is 5.82 Å². The number of hydrogen-bond donors (Lipinski definition) is 1. The van der Waals surface area contributed by atoms with Gasteiger partial charge >= 0.3 is 0 Å². The summed E-state index contributed by atoms with van der Waals surface area (Å²) in [5.74, 6) is 0.137. The van der Waals surface area contributed by atoms with Crippen molar-refractivity contribution in [1.29, 1.82) is 0 Å². The molecule has 1 aromatic rings. The number of ether oxygens (including phenoxy) is 1. The van der Waals surface area contributed by atoms with Crippen LogP contribution in [0, 0.1) is 5.82 Å². The van der Waals surface area contributed by atoms with E-state index < -0.39 is 0 Å². The van der Waals surface area contributed by atoms with E-state index in [0.717, 1.165) is 13.0 Å². The summed E-state index contributed by atoms with van der Waals surface area (Å²) in [5.41, 5.74) is 6.20. The van der Waals surface area contributed by atoms with E-state index in [1.165, 1.54) is 31.0 Å². The Bertz CT molecular complexity index is 384. The third-order valence-corrected chi connectivity index (χ3v) is 3.36. The number of nitrogen functional groups attached to an aromatic ring is 1. The van der Waals surface area contributed by atoms with Gasteiger partial charge in [0.1, 0.15) is 11.6 Å². The molecule has 94 valence electrons. The first-order valence-electron chi connectivity index (χ1n) is 6.05. The lowest BCUT2D eigenvalue weighted by Crippen LogP contribution is -2.26. The number of halogens is 1. The number of nitrogens with two attached hydrogens (primary N) is 1. The van der Waals surface area contributed by atoms with Crippen LogP contribution in [0.25, 0.3) is 0 Å². The highest BCUT2D eigenvalue weighted by Gasteiger charge is 2.20. The van der Waals surface area contributed by atoms with Crippen molar-refractivity contribution in [2.75, 3.05) is 25.9 Å². The van der Waals surface area contributed by atoms with Crippen LogP contribution in [0.3, 0.4) is 0 Å². The maximum absolute atomic E-state index is 13.0. The van der Waals surface area contributed by atoms with Gasteiger partial charge in [-0.2, -0.15) is 0 Å². The van der Waals surface area contributed by atoms with Crippen molar-refractivity contribution in [2.45, 2.75) is 25.3 Å². The fourth-order valence-corrected chi connectivity index (χ4v) is 2.28. The van der Waals surface area contributed by atoms with Crippen molar-refractivity contribution in [3.05, 3.63) is 24.0 Å². The van der Waals surface area contributed by atoms with Gasteiger partial charge in [0, 0.05) is 12.1 Å². The zero-order valence-corrected chi connectivity index (χ0v) is 10.2. The highest BCUT2D eigenvalue weighted by Crippen LogP contribution is 2.23. The summed E-state index contributed by atoms with van der Waals surface area (Å²) in [5, 5.41) is 0. The van der Waals surface area contributed by atoms with Crippen LogP contribution in [-0.4, -0.2) is 31.1 Å². The predicted octanol–water partition coefficient (Wildman–Crippen LogP) is 2.27. The summed E-state index contributed by atoms with van der Waals surface area (Å²) in [6, 6.07) is 4.80. The van der Waals surface area contributed by atoms with E-state index in [1.54, 1.807) is 0 Å². The first-order chi connectivity index (χ1) is 8.16. The molecule has 0 aromatic heterocycles. The van der Waals surface area contributed by atoms with Crippen LogP contribution in [0.5, 0.6) is 5.75 Å². The van der Waals surface area contributed by atoms with Crippen LogP contribution >= 0.6 is 0 Å². The molecular weight excluding hydrogens is 219 g/mol. The molecule has 0 amide bonds. The van der Waals surface area contributed by atoms with Crippen LogP contribution in [0.4, 0.5) is 10.1 Å². The maximum Gasteiger partial charge on any atom is 0.145 e. The topological polar surface area (TPSA) is 38.5 Å². The monoisotopic (exact) mass is 238 g/mol. The molecule has 0 bridgehead atoms. The molecule has 1 aromatic carbocycles. The SMILES string of the molecule is CN1CCCC1CCOc1cc(F)ccc1N. The van der Waals surface area contributed by atoms with Crippen molar-refractivity contribution < 1.29 is 9.13 Å². The summed E-state index contributed by atoms with van der Waals surface area (Å²) in [4.78, 5) is 2.35. The van der Waals surface area contributed by atoms with Gasteiger partial charge in [-0.3, -0.25) is 0 Å². The van der Waals surface area contributed by atoms with Gasteiger partial charge in [-0.1, -0.05) is 0 Å². The Hall–Kier alpha value is -1.29. The molecule has 1 fully saturated rings. The second-order valence-corrected chi connectivity index (χ2v) is 4.60. The molecule has 2 N–H and O–H groups in total. The number of rotatable bonds is 4. The fraction of sp³-hybridized carbons (Fsp3) is 0.538. The number of likely N-dealkylation sites (tertiary alicyclic amines) is 1. The molecule has 1 saturated heterocycles. The third kappa shape index (κ3) is 3.09. The minimum Gasteiger partial charge on any atom is -0.491 e. The molecule has 1 heterocycles. The smallest absolute Gasteiger partial charge is 0.145 e. The van der Waals surface area contributed by atoms with Gasteiger partial charge in [0.2, 0.25) is 0 Å². The lowest BCUT2D eigenvalue weighted by Gasteiger charge is -2.19. The molecule has 0 saturated carbocycles. The Kier molecular flexibility index (Phi) is 3.84. The molecule has 0 aliphatic carbocycles. The van der Waals surface area contributed by atoms with Crippen LogP contribution in [0.2, 0.25) is 0 Å².